The second-order valence-corrected chi connectivity index (χ2v) is 2.40. The maximum atomic E-state index is 11.0. The largest absolute Gasteiger partial charge is 0.465 e. The van der Waals surface area contributed by atoms with E-state index in [0.717, 1.165) is 0 Å². The van der Waals surface area contributed by atoms with E-state index in [-0.39, 0.29) is 10.7 Å². The molecule has 0 radical (unpaired) electrons. The summed E-state index contributed by atoms with van der Waals surface area (Å²) in [6.07, 6.45) is 1.36. The highest BCUT2D eigenvalue weighted by Crippen LogP contribution is 2.07. The number of aromatic nitrogens is 1. The fourth-order valence-corrected chi connectivity index (χ4v) is 0.980. The van der Waals surface area contributed by atoms with Gasteiger partial charge in [0.05, 0.1) is 7.11 Å². The van der Waals surface area contributed by atoms with Crippen molar-refractivity contribution in [1.29, 1.82) is 0 Å². The molecule has 0 unspecified atom stereocenters. The molecule has 0 saturated heterocycles. The summed E-state index contributed by atoms with van der Waals surface area (Å²) in [6.45, 7) is 0. The number of carbonyl (C=O) groups is 1. The number of halogens is 1. The quantitative estimate of drug-likeness (QED) is 0.523. The molecule has 0 spiro atoms. The van der Waals surface area contributed by atoms with Gasteiger partial charge in [-0.1, -0.05) is 11.6 Å². The SMILES string of the molecule is COC(=O)c1c(Cl)[nH]ccc1=O. The summed E-state index contributed by atoms with van der Waals surface area (Å²) in [5.74, 6) is -0.734. The van der Waals surface area contributed by atoms with E-state index < -0.39 is 11.4 Å². The van der Waals surface area contributed by atoms with Gasteiger partial charge >= 0.3 is 5.97 Å². The van der Waals surface area contributed by atoms with Crippen molar-refractivity contribution in [2.45, 2.75) is 0 Å². The molecule has 12 heavy (non-hydrogen) atoms. The summed E-state index contributed by atoms with van der Waals surface area (Å²) in [5.41, 5.74) is -0.618. The van der Waals surface area contributed by atoms with Gasteiger partial charge in [0, 0.05) is 12.3 Å². The lowest BCUT2D eigenvalue weighted by atomic mass is 10.3. The van der Waals surface area contributed by atoms with Gasteiger partial charge in [0.25, 0.3) is 0 Å². The van der Waals surface area contributed by atoms with Gasteiger partial charge in [0.2, 0.25) is 0 Å². The Hall–Kier alpha value is -1.29. The minimum atomic E-state index is -0.734. The van der Waals surface area contributed by atoms with Crippen LogP contribution in [0.1, 0.15) is 10.4 Å². The van der Waals surface area contributed by atoms with Gasteiger partial charge in [0.1, 0.15) is 10.7 Å². The molecule has 1 N–H and O–H groups in total. The second-order valence-electron chi connectivity index (χ2n) is 2.02. The van der Waals surface area contributed by atoms with Crippen LogP contribution in [0.2, 0.25) is 5.15 Å². The smallest absolute Gasteiger partial charge is 0.344 e. The topological polar surface area (TPSA) is 59.2 Å². The van der Waals surface area contributed by atoms with Gasteiger partial charge in [-0.25, -0.2) is 4.79 Å². The molecule has 0 saturated carbocycles. The first-order chi connectivity index (χ1) is 5.66. The third kappa shape index (κ3) is 1.48. The number of esters is 1. The van der Waals surface area contributed by atoms with Crippen LogP contribution in [-0.4, -0.2) is 18.1 Å². The monoisotopic (exact) mass is 187 g/mol. The van der Waals surface area contributed by atoms with Crippen molar-refractivity contribution in [3.05, 3.63) is 33.2 Å². The van der Waals surface area contributed by atoms with Crippen LogP contribution in [0, 0.1) is 0 Å². The number of carbonyl (C=O) groups excluding carboxylic acids is 1. The van der Waals surface area contributed by atoms with E-state index in [1.807, 2.05) is 0 Å². The van der Waals surface area contributed by atoms with E-state index >= 15 is 0 Å². The number of nitrogens with one attached hydrogen (secondary N) is 1. The van der Waals surface area contributed by atoms with Crippen LogP contribution in [0.15, 0.2) is 17.1 Å². The molecule has 64 valence electrons. The molecule has 0 aliphatic rings. The van der Waals surface area contributed by atoms with Crippen molar-refractivity contribution in [2.24, 2.45) is 0 Å². The number of ether oxygens (including phenoxy) is 1. The molecular formula is C7H6ClNO3. The number of hydrogen-bond acceptors (Lipinski definition) is 3. The third-order valence-electron chi connectivity index (χ3n) is 1.30. The van der Waals surface area contributed by atoms with E-state index in [1.165, 1.54) is 19.4 Å². The molecule has 0 fully saturated rings. The Bertz CT molecular complexity index is 358. The zero-order valence-corrected chi connectivity index (χ0v) is 7.01. The van der Waals surface area contributed by atoms with Crippen LogP contribution in [0.5, 0.6) is 0 Å². The summed E-state index contributed by atoms with van der Waals surface area (Å²) in [7, 11) is 1.19. The minimum Gasteiger partial charge on any atom is -0.465 e. The number of pyridine rings is 1. The Labute approximate surface area is 73.1 Å². The number of methoxy groups -OCH3 is 1. The number of aromatic amines is 1. The highest BCUT2D eigenvalue weighted by Gasteiger charge is 2.14. The van der Waals surface area contributed by atoms with Gasteiger partial charge in [-0.15, -0.1) is 0 Å². The predicted molar refractivity (Wildman–Crippen MR) is 43.4 cm³/mol. The lowest BCUT2D eigenvalue weighted by Crippen LogP contribution is -2.16. The van der Waals surface area contributed by atoms with Crippen LogP contribution in [0.4, 0.5) is 0 Å². The Morgan fingerprint density at radius 1 is 1.67 bits per heavy atom. The molecule has 1 aromatic rings. The Balaban J connectivity index is 3.31. The summed E-state index contributed by atoms with van der Waals surface area (Å²) in [6, 6.07) is 1.21. The predicted octanol–water partition coefficient (Wildman–Crippen LogP) is 0.815. The standard InChI is InChI=1S/C7H6ClNO3/c1-12-7(11)5-4(10)2-3-9-6(5)8/h2-3H,1H3,(H,9,10). The minimum absolute atomic E-state index is 0.00523. The average molecular weight is 188 g/mol. The summed E-state index contributed by atoms with van der Waals surface area (Å²) in [5, 5.41) is -0.00523. The molecule has 1 aromatic heterocycles. The fraction of sp³-hybridized carbons (Fsp3) is 0.143. The summed E-state index contributed by atoms with van der Waals surface area (Å²) in [4.78, 5) is 24.5. The van der Waals surface area contributed by atoms with Crippen LogP contribution < -0.4 is 5.43 Å². The summed E-state index contributed by atoms with van der Waals surface area (Å²) >= 11 is 5.55. The van der Waals surface area contributed by atoms with Gasteiger partial charge < -0.3 is 9.72 Å². The highest BCUT2D eigenvalue weighted by molar-refractivity contribution is 6.32. The van der Waals surface area contributed by atoms with Gasteiger partial charge in [-0.2, -0.15) is 0 Å². The molecule has 0 amide bonds. The van der Waals surface area contributed by atoms with Crippen LogP contribution in [0.25, 0.3) is 0 Å². The van der Waals surface area contributed by atoms with Crippen LogP contribution >= 0.6 is 11.6 Å². The van der Waals surface area contributed by atoms with Crippen molar-refractivity contribution in [2.75, 3.05) is 7.11 Å². The molecule has 0 atom stereocenters. The number of H-pyrrole nitrogens is 1. The number of rotatable bonds is 1. The zero-order valence-electron chi connectivity index (χ0n) is 6.26. The van der Waals surface area contributed by atoms with Crippen molar-refractivity contribution in [3.63, 3.8) is 0 Å². The lowest BCUT2D eigenvalue weighted by Gasteiger charge is -1.98. The molecule has 5 heteroatoms. The molecular weight excluding hydrogens is 182 g/mol. The van der Waals surface area contributed by atoms with Crippen LogP contribution in [-0.2, 0) is 4.74 Å². The normalized spacial score (nSPS) is 9.50. The zero-order chi connectivity index (χ0) is 9.14. The molecule has 4 nitrogen and oxygen atoms in total. The van der Waals surface area contributed by atoms with Crippen molar-refractivity contribution in [1.82, 2.24) is 4.98 Å². The van der Waals surface area contributed by atoms with Crippen LogP contribution in [0.3, 0.4) is 0 Å². The Morgan fingerprint density at radius 3 is 2.83 bits per heavy atom. The molecule has 0 aliphatic carbocycles. The Kier molecular flexibility index (Phi) is 2.50. The van der Waals surface area contributed by atoms with Crippen molar-refractivity contribution < 1.29 is 9.53 Å². The van der Waals surface area contributed by atoms with Gasteiger partial charge in [-0.3, -0.25) is 4.79 Å². The van der Waals surface area contributed by atoms with E-state index in [4.69, 9.17) is 11.6 Å². The molecule has 0 aliphatic heterocycles. The third-order valence-corrected chi connectivity index (χ3v) is 1.60. The summed E-state index contributed by atoms with van der Waals surface area (Å²) < 4.78 is 4.35. The molecule has 1 heterocycles. The first-order valence-electron chi connectivity index (χ1n) is 3.12. The Morgan fingerprint density at radius 2 is 2.33 bits per heavy atom. The van der Waals surface area contributed by atoms with Gasteiger partial charge in [-0.05, 0) is 0 Å². The highest BCUT2D eigenvalue weighted by atomic mass is 35.5. The van der Waals surface area contributed by atoms with E-state index in [1.54, 1.807) is 0 Å². The first kappa shape index (κ1) is 8.80. The first-order valence-corrected chi connectivity index (χ1v) is 3.50. The van der Waals surface area contributed by atoms with Gasteiger partial charge in [0.15, 0.2) is 5.43 Å². The maximum Gasteiger partial charge on any atom is 0.344 e. The number of hydrogen-bond donors (Lipinski definition) is 1. The van der Waals surface area contributed by atoms with Crippen molar-refractivity contribution in [3.8, 4) is 0 Å². The van der Waals surface area contributed by atoms with E-state index in [0.29, 0.717) is 0 Å². The molecule has 1 rings (SSSR count). The average Bonchev–Trinajstić information content (AvgIpc) is 2.03. The van der Waals surface area contributed by atoms with E-state index in [9.17, 15) is 9.59 Å². The second kappa shape index (κ2) is 3.40. The van der Waals surface area contributed by atoms with Crippen molar-refractivity contribution >= 4 is 17.6 Å². The lowest BCUT2D eigenvalue weighted by molar-refractivity contribution is 0.0599. The fourth-order valence-electron chi connectivity index (χ4n) is 0.746. The molecule has 0 bridgehead atoms. The molecule has 0 aromatic carbocycles. The maximum absolute atomic E-state index is 11.0. The van der Waals surface area contributed by atoms with E-state index in [2.05, 4.69) is 9.72 Å².